The average Bonchev–Trinajstić information content (AvgIpc) is 3.22. The molecule has 2 unspecified atom stereocenters. The van der Waals surface area contributed by atoms with Crippen LogP contribution >= 0.6 is 0 Å². The van der Waals surface area contributed by atoms with E-state index in [1.54, 1.807) is 0 Å². The molecule has 0 radical (unpaired) electrons. The lowest BCUT2D eigenvalue weighted by molar-refractivity contribution is -0.886. The Hall–Kier alpha value is -1.79. The quantitative estimate of drug-likeness (QED) is 0.683. The lowest BCUT2D eigenvalue weighted by Gasteiger charge is -2.33. The maximum atomic E-state index is 11.5. The third-order valence-corrected chi connectivity index (χ3v) is 5.53. The van der Waals surface area contributed by atoms with Crippen molar-refractivity contribution in [3.8, 4) is 11.8 Å². The molecule has 0 aromatic heterocycles. The lowest BCUT2D eigenvalue weighted by Crippen LogP contribution is -3.07. The first kappa shape index (κ1) is 21.5. The van der Waals surface area contributed by atoms with Gasteiger partial charge >= 0.3 is 0 Å². The SMILES string of the molecule is C[NH+](CC#CCC(O)(c1ccccc1)C1CCCC1)Cc1ccccc1.[Cl-]. The summed E-state index contributed by atoms with van der Waals surface area (Å²) in [5.41, 5.74) is 1.54. The van der Waals surface area contributed by atoms with E-state index in [0.717, 1.165) is 31.5 Å². The van der Waals surface area contributed by atoms with Crippen molar-refractivity contribution < 1.29 is 22.4 Å². The number of hydrogen-bond acceptors (Lipinski definition) is 1. The number of hydrogen-bond donors (Lipinski definition) is 2. The minimum absolute atomic E-state index is 0. The topological polar surface area (TPSA) is 24.7 Å². The molecular weight excluding hydrogens is 354 g/mol. The second-order valence-electron chi connectivity index (χ2n) is 7.60. The Morgan fingerprint density at radius 1 is 0.963 bits per heavy atom. The molecule has 0 aliphatic heterocycles. The van der Waals surface area contributed by atoms with Gasteiger partial charge in [0.2, 0.25) is 0 Å². The van der Waals surface area contributed by atoms with E-state index in [-0.39, 0.29) is 12.4 Å². The number of quaternary nitrogens is 1. The molecule has 2 aromatic carbocycles. The number of nitrogens with one attached hydrogen (secondary N) is 1. The molecule has 1 aliphatic carbocycles. The Kier molecular flexibility index (Phi) is 8.38. The van der Waals surface area contributed by atoms with Gasteiger partial charge in [-0.1, -0.05) is 79.4 Å². The molecule has 27 heavy (non-hydrogen) atoms. The zero-order valence-corrected chi connectivity index (χ0v) is 16.9. The van der Waals surface area contributed by atoms with E-state index in [4.69, 9.17) is 0 Å². The van der Waals surface area contributed by atoms with E-state index in [2.05, 4.69) is 43.2 Å². The molecule has 0 amide bonds. The molecule has 0 spiro atoms. The van der Waals surface area contributed by atoms with Crippen LogP contribution in [0.2, 0.25) is 0 Å². The summed E-state index contributed by atoms with van der Waals surface area (Å²) in [5.74, 6) is 6.93. The smallest absolute Gasteiger partial charge is 0.139 e. The third kappa shape index (κ3) is 5.84. The highest BCUT2D eigenvalue weighted by Crippen LogP contribution is 2.42. The van der Waals surface area contributed by atoms with Crippen molar-refractivity contribution in [2.75, 3.05) is 13.6 Å². The molecule has 2 aromatic rings. The largest absolute Gasteiger partial charge is 1.00 e. The summed E-state index contributed by atoms with van der Waals surface area (Å²) in [6, 6.07) is 20.7. The standard InChI is InChI=1S/C24H29NO.ClH/c1-25(20-21-12-4-2-5-13-21)19-11-10-18-24(26,23-16-8-9-17-23)22-14-6-3-7-15-22;/h2-7,12-15,23,26H,8-9,16-20H2,1H3;1H. The van der Waals surface area contributed by atoms with E-state index >= 15 is 0 Å². The second-order valence-corrected chi connectivity index (χ2v) is 7.60. The summed E-state index contributed by atoms with van der Waals surface area (Å²) in [7, 11) is 2.17. The summed E-state index contributed by atoms with van der Waals surface area (Å²) in [6.07, 6.45) is 5.17. The van der Waals surface area contributed by atoms with Crippen LogP contribution in [0.1, 0.15) is 43.2 Å². The van der Waals surface area contributed by atoms with E-state index in [9.17, 15) is 5.11 Å². The molecular formula is C24H30ClNO. The molecule has 144 valence electrons. The molecule has 2 atom stereocenters. The molecule has 0 bridgehead atoms. The van der Waals surface area contributed by atoms with Crippen LogP contribution in [0.15, 0.2) is 60.7 Å². The zero-order valence-electron chi connectivity index (χ0n) is 16.1. The van der Waals surface area contributed by atoms with Gasteiger partial charge in [-0.15, -0.1) is 0 Å². The molecule has 1 fully saturated rings. The first-order valence-corrected chi connectivity index (χ1v) is 9.77. The van der Waals surface area contributed by atoms with Crippen molar-refractivity contribution in [2.24, 2.45) is 5.92 Å². The summed E-state index contributed by atoms with van der Waals surface area (Å²) >= 11 is 0. The Balaban J connectivity index is 0.00000261. The predicted molar refractivity (Wildman–Crippen MR) is 107 cm³/mol. The minimum atomic E-state index is -0.807. The van der Waals surface area contributed by atoms with Gasteiger partial charge in [-0.25, -0.2) is 0 Å². The molecule has 3 heteroatoms. The highest BCUT2D eigenvalue weighted by Gasteiger charge is 2.39. The Morgan fingerprint density at radius 2 is 1.56 bits per heavy atom. The van der Waals surface area contributed by atoms with Gasteiger partial charge in [-0.05, 0) is 30.2 Å². The highest BCUT2D eigenvalue weighted by molar-refractivity contribution is 5.26. The molecule has 1 aliphatic rings. The third-order valence-electron chi connectivity index (χ3n) is 5.53. The monoisotopic (exact) mass is 383 g/mol. The van der Waals surface area contributed by atoms with Crippen molar-refractivity contribution in [3.05, 3.63) is 71.8 Å². The van der Waals surface area contributed by atoms with Crippen molar-refractivity contribution in [3.63, 3.8) is 0 Å². The van der Waals surface area contributed by atoms with Crippen molar-refractivity contribution in [1.82, 2.24) is 0 Å². The molecule has 0 saturated heterocycles. The summed E-state index contributed by atoms with van der Waals surface area (Å²) in [6.45, 7) is 1.77. The van der Waals surface area contributed by atoms with Gasteiger partial charge in [0, 0.05) is 12.0 Å². The van der Waals surface area contributed by atoms with Crippen LogP contribution < -0.4 is 17.3 Å². The fraction of sp³-hybridized carbons (Fsp3) is 0.417. The van der Waals surface area contributed by atoms with E-state index in [1.165, 1.54) is 23.3 Å². The maximum Gasteiger partial charge on any atom is 0.139 e. The van der Waals surface area contributed by atoms with Crippen molar-refractivity contribution in [1.29, 1.82) is 0 Å². The highest BCUT2D eigenvalue weighted by atomic mass is 35.5. The van der Waals surface area contributed by atoms with Crippen LogP contribution in [0, 0.1) is 17.8 Å². The maximum absolute atomic E-state index is 11.5. The predicted octanol–water partition coefficient (Wildman–Crippen LogP) is 0.177. The van der Waals surface area contributed by atoms with Crippen LogP contribution in [0.25, 0.3) is 0 Å². The van der Waals surface area contributed by atoms with Crippen molar-refractivity contribution >= 4 is 0 Å². The first-order valence-electron chi connectivity index (χ1n) is 9.77. The van der Waals surface area contributed by atoms with Crippen LogP contribution in [0.5, 0.6) is 0 Å². The average molecular weight is 384 g/mol. The molecule has 0 heterocycles. The summed E-state index contributed by atoms with van der Waals surface area (Å²) in [4.78, 5) is 1.37. The number of halogens is 1. The fourth-order valence-corrected chi connectivity index (χ4v) is 4.03. The van der Waals surface area contributed by atoms with E-state index in [0.29, 0.717) is 12.3 Å². The Morgan fingerprint density at radius 3 is 2.19 bits per heavy atom. The van der Waals surface area contributed by atoms with Gasteiger partial charge in [0.1, 0.15) is 18.7 Å². The van der Waals surface area contributed by atoms with Crippen LogP contribution in [0.3, 0.4) is 0 Å². The summed E-state index contributed by atoms with van der Waals surface area (Å²) < 4.78 is 0. The minimum Gasteiger partial charge on any atom is -1.00 e. The molecule has 2 N–H and O–H groups in total. The molecule has 1 saturated carbocycles. The Bertz CT molecular complexity index is 731. The Labute approximate surface area is 170 Å². The van der Waals surface area contributed by atoms with Crippen LogP contribution in [0.4, 0.5) is 0 Å². The number of rotatable bonds is 6. The van der Waals surface area contributed by atoms with Gasteiger partial charge < -0.3 is 22.4 Å². The van der Waals surface area contributed by atoms with Gasteiger partial charge in [-0.3, -0.25) is 0 Å². The van der Waals surface area contributed by atoms with Crippen LogP contribution in [-0.2, 0) is 12.1 Å². The normalized spacial score (nSPS) is 17.3. The van der Waals surface area contributed by atoms with Gasteiger partial charge in [0.05, 0.1) is 7.05 Å². The van der Waals surface area contributed by atoms with E-state index < -0.39 is 5.60 Å². The summed E-state index contributed by atoms with van der Waals surface area (Å²) in [5, 5.41) is 11.5. The molecule has 2 nitrogen and oxygen atoms in total. The van der Waals surface area contributed by atoms with Crippen LogP contribution in [-0.4, -0.2) is 18.7 Å². The number of benzene rings is 2. The van der Waals surface area contributed by atoms with Gasteiger partial charge in [0.15, 0.2) is 0 Å². The zero-order chi connectivity index (χ0) is 18.2. The lowest BCUT2D eigenvalue weighted by atomic mass is 9.78. The number of aliphatic hydroxyl groups is 1. The first-order chi connectivity index (χ1) is 12.7. The van der Waals surface area contributed by atoms with Gasteiger partial charge in [0.25, 0.3) is 0 Å². The van der Waals surface area contributed by atoms with Crippen molar-refractivity contribution in [2.45, 2.75) is 44.2 Å². The van der Waals surface area contributed by atoms with E-state index in [1.807, 2.05) is 36.4 Å². The fourth-order valence-electron chi connectivity index (χ4n) is 4.03. The second kappa shape index (κ2) is 10.5. The molecule has 3 rings (SSSR count). The van der Waals surface area contributed by atoms with Gasteiger partial charge in [-0.2, -0.15) is 0 Å².